The molecule has 4 heteroatoms. The van der Waals surface area contributed by atoms with Gasteiger partial charge in [-0.3, -0.25) is 4.79 Å². The van der Waals surface area contributed by atoms with Gasteiger partial charge >= 0.3 is 0 Å². The monoisotopic (exact) mass is 333 g/mol. The van der Waals surface area contributed by atoms with Crippen molar-refractivity contribution in [2.75, 3.05) is 6.54 Å². The Morgan fingerprint density at radius 2 is 2.05 bits per heavy atom. The predicted octanol–water partition coefficient (Wildman–Crippen LogP) is 3.89. The summed E-state index contributed by atoms with van der Waals surface area (Å²) in [5, 5.41) is 0. The van der Waals surface area contributed by atoms with Gasteiger partial charge in [-0.15, -0.1) is 0 Å². The zero-order valence-electron chi connectivity index (χ0n) is 11.1. The highest BCUT2D eigenvalue weighted by Gasteiger charge is 2.30. The molecule has 20 heavy (non-hydrogen) atoms. The van der Waals surface area contributed by atoms with Crippen molar-refractivity contribution in [1.29, 1.82) is 0 Å². The second-order valence-corrected chi connectivity index (χ2v) is 5.87. The number of amides is 1. The summed E-state index contributed by atoms with van der Waals surface area (Å²) in [6.45, 7) is 0.814. The SMILES string of the molecule is O=C(c1ccc(Br)o1)N1CCC[C@H]1Cc1ccccc1. The largest absolute Gasteiger partial charge is 0.444 e. The van der Waals surface area contributed by atoms with Crippen LogP contribution in [0.1, 0.15) is 29.0 Å². The summed E-state index contributed by atoms with van der Waals surface area (Å²) in [5.74, 6) is 0.408. The maximum Gasteiger partial charge on any atom is 0.289 e. The van der Waals surface area contributed by atoms with Gasteiger partial charge in [-0.05, 0) is 52.9 Å². The third kappa shape index (κ3) is 2.80. The standard InChI is InChI=1S/C16H16BrNO2/c17-15-9-8-14(20-15)16(19)18-10-4-7-13(18)11-12-5-2-1-3-6-12/h1-3,5-6,8-9,13H,4,7,10-11H2/t13-/m0/s1. The molecule has 0 radical (unpaired) electrons. The Kier molecular flexibility index (Phi) is 3.92. The molecular weight excluding hydrogens is 318 g/mol. The van der Waals surface area contributed by atoms with E-state index in [9.17, 15) is 4.79 Å². The Balaban J connectivity index is 1.74. The van der Waals surface area contributed by atoms with Crippen molar-refractivity contribution in [2.45, 2.75) is 25.3 Å². The summed E-state index contributed by atoms with van der Waals surface area (Å²) in [4.78, 5) is 14.4. The summed E-state index contributed by atoms with van der Waals surface area (Å²) in [6, 6.07) is 14.1. The summed E-state index contributed by atoms with van der Waals surface area (Å²) >= 11 is 3.24. The van der Waals surface area contributed by atoms with Gasteiger partial charge in [0, 0.05) is 12.6 Å². The lowest BCUT2D eigenvalue weighted by Gasteiger charge is -2.23. The molecule has 0 saturated carbocycles. The Hall–Kier alpha value is -1.55. The fraction of sp³-hybridized carbons (Fsp3) is 0.312. The van der Waals surface area contributed by atoms with Crippen LogP contribution in [0.15, 0.2) is 51.6 Å². The van der Waals surface area contributed by atoms with Crippen LogP contribution < -0.4 is 0 Å². The molecule has 1 atom stereocenters. The maximum atomic E-state index is 12.5. The summed E-state index contributed by atoms with van der Waals surface area (Å²) in [6.07, 6.45) is 3.03. The van der Waals surface area contributed by atoms with E-state index in [2.05, 4.69) is 28.1 Å². The normalized spacial score (nSPS) is 18.4. The van der Waals surface area contributed by atoms with Crippen LogP contribution in [0.3, 0.4) is 0 Å². The number of carbonyl (C=O) groups is 1. The molecule has 0 bridgehead atoms. The van der Waals surface area contributed by atoms with E-state index in [1.807, 2.05) is 23.1 Å². The number of carbonyl (C=O) groups excluding carboxylic acids is 1. The highest BCUT2D eigenvalue weighted by molar-refractivity contribution is 9.10. The molecule has 1 aliphatic heterocycles. The zero-order chi connectivity index (χ0) is 13.9. The smallest absolute Gasteiger partial charge is 0.289 e. The molecule has 3 rings (SSSR count). The number of hydrogen-bond acceptors (Lipinski definition) is 2. The van der Waals surface area contributed by atoms with Gasteiger partial charge in [0.2, 0.25) is 0 Å². The fourth-order valence-electron chi connectivity index (χ4n) is 2.77. The molecule has 0 aliphatic carbocycles. The van der Waals surface area contributed by atoms with Crippen molar-refractivity contribution < 1.29 is 9.21 Å². The molecule has 1 aromatic carbocycles. The van der Waals surface area contributed by atoms with Crippen LogP contribution in [-0.2, 0) is 6.42 Å². The first-order valence-electron chi connectivity index (χ1n) is 6.84. The van der Waals surface area contributed by atoms with E-state index in [0.29, 0.717) is 10.4 Å². The first-order valence-corrected chi connectivity index (χ1v) is 7.63. The van der Waals surface area contributed by atoms with Crippen LogP contribution in [0.2, 0.25) is 0 Å². The van der Waals surface area contributed by atoms with Crippen molar-refractivity contribution in [3.05, 3.63) is 58.5 Å². The van der Waals surface area contributed by atoms with Gasteiger partial charge in [0.1, 0.15) is 0 Å². The summed E-state index contributed by atoms with van der Waals surface area (Å²) in [5.41, 5.74) is 1.28. The van der Waals surface area contributed by atoms with Crippen molar-refractivity contribution in [3.8, 4) is 0 Å². The first kappa shape index (κ1) is 13.4. The van der Waals surface area contributed by atoms with Crippen LogP contribution in [0, 0.1) is 0 Å². The third-order valence-corrected chi connectivity index (χ3v) is 4.16. The van der Waals surface area contributed by atoms with Crippen molar-refractivity contribution in [2.24, 2.45) is 0 Å². The van der Waals surface area contributed by atoms with E-state index in [1.165, 1.54) is 5.56 Å². The fourth-order valence-corrected chi connectivity index (χ4v) is 3.08. The molecule has 2 aromatic rings. The third-order valence-electron chi connectivity index (χ3n) is 3.74. The lowest BCUT2D eigenvalue weighted by molar-refractivity contribution is 0.0703. The molecule has 0 spiro atoms. The number of halogens is 1. The Morgan fingerprint density at radius 1 is 1.25 bits per heavy atom. The Bertz CT molecular complexity index is 594. The minimum Gasteiger partial charge on any atom is -0.444 e. The minimum absolute atomic E-state index is 0.00543. The van der Waals surface area contributed by atoms with Gasteiger partial charge in [0.05, 0.1) is 0 Å². The van der Waals surface area contributed by atoms with Gasteiger partial charge in [0.25, 0.3) is 5.91 Å². The zero-order valence-corrected chi connectivity index (χ0v) is 12.7. The van der Waals surface area contributed by atoms with E-state index in [4.69, 9.17) is 4.42 Å². The summed E-state index contributed by atoms with van der Waals surface area (Å²) in [7, 11) is 0. The highest BCUT2D eigenvalue weighted by atomic mass is 79.9. The van der Waals surface area contributed by atoms with Gasteiger partial charge in [0.15, 0.2) is 10.4 Å². The lowest BCUT2D eigenvalue weighted by Crippen LogP contribution is -2.36. The highest BCUT2D eigenvalue weighted by Crippen LogP contribution is 2.24. The summed E-state index contributed by atoms with van der Waals surface area (Å²) < 4.78 is 5.98. The van der Waals surface area contributed by atoms with Gasteiger partial charge in [-0.25, -0.2) is 0 Å². The molecular formula is C16H16BrNO2. The molecule has 1 fully saturated rings. The van der Waals surface area contributed by atoms with Gasteiger partial charge < -0.3 is 9.32 Å². The average Bonchev–Trinajstić information content (AvgIpc) is 3.08. The molecule has 2 heterocycles. The second-order valence-electron chi connectivity index (χ2n) is 5.09. The van der Waals surface area contributed by atoms with Crippen LogP contribution in [0.25, 0.3) is 0 Å². The van der Waals surface area contributed by atoms with Gasteiger partial charge in [-0.2, -0.15) is 0 Å². The van der Waals surface area contributed by atoms with Gasteiger partial charge in [-0.1, -0.05) is 30.3 Å². The molecule has 1 aliphatic rings. The number of hydrogen-bond donors (Lipinski definition) is 0. The lowest BCUT2D eigenvalue weighted by atomic mass is 10.0. The number of nitrogens with zero attached hydrogens (tertiary/aromatic N) is 1. The number of furan rings is 1. The topological polar surface area (TPSA) is 33.5 Å². The van der Waals surface area contributed by atoms with Crippen LogP contribution in [-0.4, -0.2) is 23.4 Å². The molecule has 0 unspecified atom stereocenters. The van der Waals surface area contributed by atoms with E-state index < -0.39 is 0 Å². The van der Waals surface area contributed by atoms with E-state index in [-0.39, 0.29) is 11.9 Å². The second kappa shape index (κ2) is 5.83. The van der Waals surface area contributed by atoms with Crippen LogP contribution >= 0.6 is 15.9 Å². The molecule has 3 nitrogen and oxygen atoms in total. The van der Waals surface area contributed by atoms with Crippen molar-refractivity contribution >= 4 is 21.8 Å². The number of rotatable bonds is 3. The maximum absolute atomic E-state index is 12.5. The van der Waals surface area contributed by atoms with E-state index >= 15 is 0 Å². The molecule has 0 N–H and O–H groups in total. The molecule has 1 amide bonds. The predicted molar refractivity (Wildman–Crippen MR) is 80.6 cm³/mol. The quantitative estimate of drug-likeness (QED) is 0.853. The van der Waals surface area contributed by atoms with E-state index in [1.54, 1.807) is 12.1 Å². The van der Waals surface area contributed by atoms with E-state index in [0.717, 1.165) is 25.8 Å². The Labute approximate surface area is 126 Å². The molecule has 1 aromatic heterocycles. The Morgan fingerprint density at radius 3 is 2.75 bits per heavy atom. The van der Waals surface area contributed by atoms with Crippen molar-refractivity contribution in [1.82, 2.24) is 4.90 Å². The van der Waals surface area contributed by atoms with Crippen LogP contribution in [0.4, 0.5) is 0 Å². The first-order chi connectivity index (χ1) is 9.74. The van der Waals surface area contributed by atoms with Crippen LogP contribution in [0.5, 0.6) is 0 Å². The van der Waals surface area contributed by atoms with Crippen molar-refractivity contribution in [3.63, 3.8) is 0 Å². The minimum atomic E-state index is -0.00543. The average molecular weight is 334 g/mol. The molecule has 1 saturated heterocycles. The molecule has 104 valence electrons. The number of benzene rings is 1. The number of likely N-dealkylation sites (tertiary alicyclic amines) is 1.